The highest BCUT2D eigenvalue weighted by Crippen LogP contribution is 2.27. The van der Waals surface area contributed by atoms with E-state index in [0.717, 1.165) is 10.6 Å². The molecule has 0 bridgehead atoms. The fourth-order valence-corrected chi connectivity index (χ4v) is 3.48. The summed E-state index contributed by atoms with van der Waals surface area (Å²) in [7, 11) is 0. The van der Waals surface area contributed by atoms with Gasteiger partial charge >= 0.3 is 12.1 Å². The van der Waals surface area contributed by atoms with Gasteiger partial charge in [-0.05, 0) is 42.5 Å². The van der Waals surface area contributed by atoms with Gasteiger partial charge in [-0.2, -0.15) is 5.10 Å². The van der Waals surface area contributed by atoms with E-state index >= 15 is 0 Å². The van der Waals surface area contributed by atoms with Crippen molar-refractivity contribution in [2.24, 2.45) is 0 Å². The Morgan fingerprint density at radius 3 is 2.44 bits per heavy atom. The van der Waals surface area contributed by atoms with Crippen LogP contribution in [0.3, 0.4) is 0 Å². The van der Waals surface area contributed by atoms with Crippen LogP contribution >= 0.6 is 11.6 Å². The number of anilines is 2. The molecule has 1 aromatic heterocycles. The third kappa shape index (κ3) is 5.04. The second-order valence-electron chi connectivity index (χ2n) is 8.78. The number of aromatic nitrogens is 2. The van der Waals surface area contributed by atoms with Crippen molar-refractivity contribution in [1.82, 2.24) is 14.7 Å². The van der Waals surface area contributed by atoms with Gasteiger partial charge < -0.3 is 10.1 Å². The third-order valence-corrected chi connectivity index (χ3v) is 5.42. The molecular weight excluding hydrogens is 458 g/mol. The van der Waals surface area contributed by atoms with E-state index in [1.807, 2.05) is 20.8 Å². The predicted octanol–water partition coefficient (Wildman–Crippen LogP) is 5.06. The Bertz CT molecular complexity index is 1250. The minimum atomic E-state index is -0.661. The quantitative estimate of drug-likeness (QED) is 0.541. The summed E-state index contributed by atoms with van der Waals surface area (Å²) in [6.45, 7) is 6.41. The Morgan fingerprint density at radius 2 is 1.79 bits per heavy atom. The van der Waals surface area contributed by atoms with E-state index in [1.165, 1.54) is 0 Å². The molecule has 4 rings (SSSR count). The molecule has 4 amide bonds. The summed E-state index contributed by atoms with van der Waals surface area (Å²) in [6, 6.07) is 14.8. The Kier molecular flexibility index (Phi) is 6.30. The second kappa shape index (κ2) is 9.18. The number of carbonyl (C=O) groups excluding carboxylic acids is 3. The van der Waals surface area contributed by atoms with Crippen LogP contribution in [0.25, 0.3) is 5.69 Å². The summed E-state index contributed by atoms with van der Waals surface area (Å²) >= 11 is 5.90. The van der Waals surface area contributed by atoms with Gasteiger partial charge in [-0.15, -0.1) is 0 Å². The number of benzene rings is 2. The zero-order valence-corrected chi connectivity index (χ0v) is 19.7. The van der Waals surface area contributed by atoms with Gasteiger partial charge in [-0.25, -0.2) is 19.2 Å². The zero-order valence-electron chi connectivity index (χ0n) is 19.0. The summed E-state index contributed by atoms with van der Waals surface area (Å²) < 4.78 is 6.43. The van der Waals surface area contributed by atoms with Crippen LogP contribution in [0.2, 0.25) is 5.02 Å². The number of ether oxygens (including phenoxy) is 1. The number of imide groups is 1. The number of cyclic esters (lactones) is 1. The molecule has 0 atom stereocenters. The van der Waals surface area contributed by atoms with Crippen molar-refractivity contribution in [2.75, 3.05) is 23.8 Å². The van der Waals surface area contributed by atoms with Crippen LogP contribution in [0, 0.1) is 0 Å². The van der Waals surface area contributed by atoms with E-state index in [1.54, 1.807) is 59.3 Å². The molecule has 1 aliphatic heterocycles. The molecule has 1 fully saturated rings. The lowest BCUT2D eigenvalue weighted by atomic mass is 9.92. The molecule has 2 heterocycles. The first-order valence-electron chi connectivity index (χ1n) is 10.6. The number of urea groups is 1. The SMILES string of the molecule is CC(C)(C)c1cc(NC(=O)Nc2ccc(Cl)cc2)n(-c2cccc(C(=O)N3CCOC3=O)c2)n1. The van der Waals surface area contributed by atoms with E-state index < -0.39 is 18.0 Å². The molecule has 1 aliphatic rings. The summed E-state index contributed by atoms with van der Waals surface area (Å²) in [6.07, 6.45) is -0.661. The molecule has 0 unspecified atom stereocenters. The van der Waals surface area contributed by atoms with Crippen LogP contribution in [-0.2, 0) is 10.2 Å². The lowest BCUT2D eigenvalue weighted by Crippen LogP contribution is -2.31. The molecule has 3 aromatic rings. The fraction of sp³-hybridized carbons (Fsp3) is 0.250. The average molecular weight is 482 g/mol. The Hall–Kier alpha value is -3.85. The van der Waals surface area contributed by atoms with Gasteiger partial charge in [-0.1, -0.05) is 38.4 Å². The lowest BCUT2D eigenvalue weighted by molar-refractivity contribution is 0.0809. The Balaban J connectivity index is 1.64. The standard InChI is InChI=1S/C24H24ClN5O4/c1-24(2,3)19-14-20(27-22(32)26-17-9-7-16(25)8-10-17)30(28-19)18-6-4-5-15(13-18)21(31)29-11-12-34-23(29)33/h4-10,13-14H,11-12H2,1-3H3,(H2,26,27,32). The van der Waals surface area contributed by atoms with Crippen molar-refractivity contribution in [3.05, 3.63) is 70.9 Å². The molecule has 1 saturated heterocycles. The number of amides is 4. The van der Waals surface area contributed by atoms with E-state index in [4.69, 9.17) is 16.3 Å². The van der Waals surface area contributed by atoms with Gasteiger partial charge in [0.05, 0.1) is 17.9 Å². The topological polar surface area (TPSA) is 106 Å². The molecule has 34 heavy (non-hydrogen) atoms. The number of rotatable bonds is 4. The molecule has 0 spiro atoms. The maximum Gasteiger partial charge on any atom is 0.416 e. The van der Waals surface area contributed by atoms with Crippen molar-refractivity contribution in [3.63, 3.8) is 0 Å². The Morgan fingerprint density at radius 1 is 1.06 bits per heavy atom. The monoisotopic (exact) mass is 481 g/mol. The summed E-state index contributed by atoms with van der Waals surface area (Å²) in [5.41, 5.74) is 1.89. The number of halogens is 1. The van der Waals surface area contributed by atoms with Gasteiger partial charge in [0.25, 0.3) is 5.91 Å². The molecular formula is C24H24ClN5O4. The van der Waals surface area contributed by atoms with Crippen molar-refractivity contribution in [1.29, 1.82) is 0 Å². The van der Waals surface area contributed by atoms with Crippen LogP contribution in [0.15, 0.2) is 54.6 Å². The molecule has 9 nitrogen and oxygen atoms in total. The van der Waals surface area contributed by atoms with Gasteiger partial charge in [0.15, 0.2) is 0 Å². The van der Waals surface area contributed by atoms with E-state index in [-0.39, 0.29) is 18.6 Å². The van der Waals surface area contributed by atoms with Crippen LogP contribution in [0.4, 0.5) is 21.1 Å². The molecule has 2 N–H and O–H groups in total. The first kappa shape index (κ1) is 23.3. The molecule has 176 valence electrons. The predicted molar refractivity (Wildman–Crippen MR) is 129 cm³/mol. The lowest BCUT2D eigenvalue weighted by Gasteiger charge is -2.14. The minimum absolute atomic E-state index is 0.176. The summed E-state index contributed by atoms with van der Waals surface area (Å²) in [5.74, 6) is -0.0379. The fourth-order valence-electron chi connectivity index (χ4n) is 3.35. The normalized spacial score (nSPS) is 13.5. The van der Waals surface area contributed by atoms with Crippen LogP contribution in [0.5, 0.6) is 0 Å². The zero-order chi connectivity index (χ0) is 24.5. The number of hydrogen-bond donors (Lipinski definition) is 2. The highest BCUT2D eigenvalue weighted by atomic mass is 35.5. The summed E-state index contributed by atoms with van der Waals surface area (Å²) in [5, 5.41) is 10.8. The molecule has 0 saturated carbocycles. The number of nitrogens with one attached hydrogen (secondary N) is 2. The first-order valence-corrected chi connectivity index (χ1v) is 11.0. The molecule has 0 radical (unpaired) electrons. The largest absolute Gasteiger partial charge is 0.447 e. The third-order valence-electron chi connectivity index (χ3n) is 5.17. The molecule has 2 aromatic carbocycles. The van der Waals surface area contributed by atoms with Crippen molar-refractivity contribution >= 4 is 41.1 Å². The smallest absolute Gasteiger partial charge is 0.416 e. The van der Waals surface area contributed by atoms with Crippen LogP contribution in [-0.4, -0.2) is 45.9 Å². The Labute approximate surface area is 201 Å². The maximum atomic E-state index is 12.8. The molecule has 0 aliphatic carbocycles. The number of hydrogen-bond acceptors (Lipinski definition) is 5. The second-order valence-corrected chi connectivity index (χ2v) is 9.22. The average Bonchev–Trinajstić information content (AvgIpc) is 3.41. The first-order chi connectivity index (χ1) is 16.1. The maximum absolute atomic E-state index is 12.8. The molecule has 10 heteroatoms. The summed E-state index contributed by atoms with van der Waals surface area (Å²) in [4.78, 5) is 38.3. The highest BCUT2D eigenvalue weighted by molar-refractivity contribution is 6.30. The van der Waals surface area contributed by atoms with E-state index in [2.05, 4.69) is 15.7 Å². The minimum Gasteiger partial charge on any atom is -0.447 e. The van der Waals surface area contributed by atoms with E-state index in [9.17, 15) is 14.4 Å². The highest BCUT2D eigenvalue weighted by Gasteiger charge is 2.29. The van der Waals surface area contributed by atoms with Crippen molar-refractivity contribution < 1.29 is 19.1 Å². The van der Waals surface area contributed by atoms with Gasteiger partial charge in [0.2, 0.25) is 0 Å². The van der Waals surface area contributed by atoms with Gasteiger partial charge in [-0.3, -0.25) is 10.1 Å². The van der Waals surface area contributed by atoms with Crippen molar-refractivity contribution in [2.45, 2.75) is 26.2 Å². The number of nitrogens with zero attached hydrogens (tertiary/aromatic N) is 3. The van der Waals surface area contributed by atoms with Crippen molar-refractivity contribution in [3.8, 4) is 5.69 Å². The van der Waals surface area contributed by atoms with Gasteiger partial charge in [0, 0.05) is 27.8 Å². The van der Waals surface area contributed by atoms with E-state index in [0.29, 0.717) is 27.8 Å². The van der Waals surface area contributed by atoms with Gasteiger partial charge in [0.1, 0.15) is 12.4 Å². The van der Waals surface area contributed by atoms with Crippen LogP contribution < -0.4 is 10.6 Å². The number of carbonyl (C=O) groups is 3. The van der Waals surface area contributed by atoms with Crippen LogP contribution in [0.1, 0.15) is 36.8 Å².